The number of rotatable bonds is 4. The molecule has 0 unspecified atom stereocenters. The van der Waals surface area contributed by atoms with Gasteiger partial charge in [-0.1, -0.05) is 108 Å². The van der Waals surface area contributed by atoms with Crippen LogP contribution in [0.3, 0.4) is 0 Å². The van der Waals surface area contributed by atoms with Crippen LogP contribution in [0.1, 0.15) is 11.1 Å². The first-order valence-electron chi connectivity index (χ1n) is 13.7. The van der Waals surface area contributed by atoms with Crippen LogP contribution in [0.25, 0.3) is 44.5 Å². The number of hydrogen-bond donors (Lipinski definition) is 0. The molecule has 6 aromatic rings. The Balaban J connectivity index is 0. The fourth-order valence-corrected chi connectivity index (χ4v) is 4.36. The van der Waals surface area contributed by atoms with E-state index in [2.05, 4.69) is 147 Å². The van der Waals surface area contributed by atoms with E-state index in [4.69, 9.17) is 0 Å². The zero-order valence-corrected chi connectivity index (χ0v) is 38.3. The second kappa shape index (κ2) is 27.4. The van der Waals surface area contributed by atoms with Gasteiger partial charge in [-0.05, 0) is 47.2 Å². The van der Waals surface area contributed by atoms with Crippen molar-refractivity contribution in [1.29, 1.82) is 0 Å². The van der Waals surface area contributed by atoms with Crippen molar-refractivity contribution in [2.75, 3.05) is 14.4 Å². The van der Waals surface area contributed by atoms with Gasteiger partial charge in [-0.25, -0.2) is 0 Å². The maximum Gasteiger partial charge on any atom is 0.0785 e. The van der Waals surface area contributed by atoms with Crippen LogP contribution < -0.4 is 0 Å². The minimum atomic E-state index is 0. The van der Waals surface area contributed by atoms with Gasteiger partial charge in [0.2, 0.25) is 0 Å². The van der Waals surface area contributed by atoms with E-state index >= 15 is 0 Å². The van der Waals surface area contributed by atoms with E-state index < -0.39 is 0 Å². The maximum atomic E-state index is 9.50. The maximum absolute atomic E-state index is 9.50. The summed E-state index contributed by atoms with van der Waals surface area (Å²) in [5, 5.41) is 0. The van der Waals surface area contributed by atoms with E-state index in [1.807, 2.05) is 24.3 Å². The second-order valence-corrected chi connectivity index (χ2v) is 9.46. The minimum Gasteiger partial charge on any atom is -0.255 e. The first kappa shape index (κ1) is 47.7. The molecule has 0 atom stereocenters. The van der Waals surface area contributed by atoms with Crippen LogP contribution in [-0.4, -0.2) is 14.4 Å². The van der Waals surface area contributed by atoms with Gasteiger partial charge >= 0.3 is 0 Å². The summed E-state index contributed by atoms with van der Waals surface area (Å²) in [6.45, 7) is 4.22. The molecule has 6 aromatic carbocycles. The van der Waals surface area contributed by atoms with Crippen molar-refractivity contribution >= 4 is 0 Å². The summed E-state index contributed by atoms with van der Waals surface area (Å²) < 4.78 is 19.0. The zero-order valence-electron chi connectivity index (χ0n) is 26.9. The third kappa shape index (κ3) is 15.4. The molecule has 224 valence electrons. The Morgan fingerprint density at radius 2 is 0.435 bits per heavy atom. The molecule has 0 N–H and O–H groups in total. The summed E-state index contributed by atoms with van der Waals surface area (Å²) in [5.74, 6) is 0. The fourth-order valence-electron chi connectivity index (χ4n) is 4.36. The predicted molar refractivity (Wildman–Crippen MR) is 176 cm³/mol. The van der Waals surface area contributed by atoms with Gasteiger partial charge in [0.1, 0.15) is 0 Å². The Hall–Kier alpha value is -0.404. The molecule has 0 aliphatic rings. The third-order valence-electron chi connectivity index (χ3n) is 6.64. The molecule has 0 saturated heterocycles. The van der Waals surface area contributed by atoms with Crippen molar-refractivity contribution in [2.45, 2.75) is 13.8 Å². The van der Waals surface area contributed by atoms with Gasteiger partial charge in [0, 0.05) is 131 Å². The molecule has 0 heterocycles. The van der Waals surface area contributed by atoms with E-state index in [0.29, 0.717) is 14.4 Å². The van der Waals surface area contributed by atoms with Crippen LogP contribution in [0.5, 0.6) is 0 Å². The van der Waals surface area contributed by atoms with Gasteiger partial charge in [0.05, 0.1) is 14.4 Å². The summed E-state index contributed by atoms with van der Waals surface area (Å²) in [7, 11) is 1.00. The van der Waals surface area contributed by atoms with E-state index in [1.165, 1.54) is 55.6 Å². The quantitative estimate of drug-likeness (QED) is 0.155. The van der Waals surface area contributed by atoms with Crippen molar-refractivity contribution < 1.29 is 140 Å². The van der Waals surface area contributed by atoms with Crippen LogP contribution in [-0.2, 0) is 131 Å². The van der Waals surface area contributed by atoms with Crippen molar-refractivity contribution in [3.8, 4) is 44.5 Å². The van der Waals surface area contributed by atoms with Crippen molar-refractivity contribution in [1.82, 2.24) is 0 Å². The number of aryl methyl sites for hydroxylation is 2. The Morgan fingerprint density at radius 3 is 0.630 bits per heavy atom. The summed E-state index contributed by atoms with van der Waals surface area (Å²) in [6, 6.07) is 56.9. The summed E-state index contributed by atoms with van der Waals surface area (Å²) in [6.07, 6.45) is 0. The van der Waals surface area contributed by atoms with Gasteiger partial charge < -0.3 is 0 Å². The molecule has 0 amide bonds. The molecule has 4 radical (unpaired) electrons. The third-order valence-corrected chi connectivity index (χ3v) is 6.64. The molecule has 0 bridgehead atoms. The van der Waals surface area contributed by atoms with E-state index in [0.717, 1.165) is 0 Å². The Kier molecular flexibility index (Phi) is 28.4. The van der Waals surface area contributed by atoms with Crippen LogP contribution in [0.15, 0.2) is 146 Å². The molecular weight excluding hydrogens is 874 g/mol. The SMILES string of the molecule is CF.CF.Cc1ccc(-c2ccc(-c3cc[c-]cc3)cc2)cc1.Cc1ccc(-c2ccc(-c3cc[c-]cc3)cc2)cc1.[Y].[Y].[Y].[Y]. The standard InChI is InChI=1S/2C19H15.2CH3F.4Y/c2*1-15-7-9-17(10-8-15)19-13-11-18(12-14-19)16-5-3-2-4-6-16;2*1-2;;;;/h2*3-14H,1H3;2*1H3;;;;/q2*-1;;;;;;. The number of benzene rings is 6. The summed E-state index contributed by atoms with van der Waals surface area (Å²) in [5.41, 5.74) is 12.6. The van der Waals surface area contributed by atoms with Crippen LogP contribution in [0, 0.1) is 26.0 Å². The molecular formula is C40H36F2Y4-2. The number of alkyl halides is 2. The average Bonchev–Trinajstić information content (AvgIpc) is 3.09. The van der Waals surface area contributed by atoms with Gasteiger partial charge in [-0.15, -0.1) is 11.1 Å². The van der Waals surface area contributed by atoms with E-state index in [-0.39, 0.29) is 131 Å². The van der Waals surface area contributed by atoms with Gasteiger partial charge in [0.25, 0.3) is 0 Å². The molecule has 0 saturated carbocycles. The van der Waals surface area contributed by atoms with Gasteiger partial charge in [-0.2, -0.15) is 60.7 Å². The zero-order chi connectivity index (χ0) is 30.2. The molecule has 0 spiro atoms. The Bertz CT molecular complexity index is 1450. The summed E-state index contributed by atoms with van der Waals surface area (Å²) in [4.78, 5) is 0. The fraction of sp³-hybridized carbons (Fsp3) is 0.100. The first-order valence-corrected chi connectivity index (χ1v) is 13.7. The van der Waals surface area contributed by atoms with E-state index in [9.17, 15) is 8.78 Å². The molecule has 46 heavy (non-hydrogen) atoms. The smallest absolute Gasteiger partial charge is 0.0785 e. The van der Waals surface area contributed by atoms with Crippen molar-refractivity contribution in [3.63, 3.8) is 0 Å². The normalized spacial score (nSPS) is 8.83. The number of halogens is 2. The Morgan fingerprint density at radius 1 is 0.283 bits per heavy atom. The van der Waals surface area contributed by atoms with Crippen molar-refractivity contribution in [3.05, 3.63) is 169 Å². The molecule has 6 heteroatoms. The van der Waals surface area contributed by atoms with Crippen LogP contribution in [0.4, 0.5) is 8.78 Å². The van der Waals surface area contributed by atoms with Crippen molar-refractivity contribution in [2.24, 2.45) is 0 Å². The predicted octanol–water partition coefficient (Wildman–Crippen LogP) is 11.4. The second-order valence-electron chi connectivity index (χ2n) is 9.46. The van der Waals surface area contributed by atoms with Crippen LogP contribution >= 0.6 is 0 Å². The summed E-state index contributed by atoms with van der Waals surface area (Å²) >= 11 is 0. The number of hydrogen-bond acceptors (Lipinski definition) is 0. The molecule has 0 aliphatic carbocycles. The largest absolute Gasteiger partial charge is 0.255 e. The molecule has 0 nitrogen and oxygen atoms in total. The minimum absolute atomic E-state index is 0. The molecule has 6 rings (SSSR count). The molecule has 0 aliphatic heterocycles. The Labute approximate surface area is 375 Å². The van der Waals surface area contributed by atoms with Gasteiger partial charge in [-0.3, -0.25) is 8.78 Å². The monoisotopic (exact) mass is 910 g/mol. The average molecular weight is 910 g/mol. The molecule has 0 fully saturated rings. The molecule has 0 aromatic heterocycles. The topological polar surface area (TPSA) is 0 Å². The first-order chi connectivity index (χ1) is 20.7. The van der Waals surface area contributed by atoms with Gasteiger partial charge in [0.15, 0.2) is 0 Å². The van der Waals surface area contributed by atoms with E-state index in [1.54, 1.807) is 0 Å². The van der Waals surface area contributed by atoms with Crippen LogP contribution in [0.2, 0.25) is 0 Å².